The molecule has 0 unspecified atom stereocenters. The summed E-state index contributed by atoms with van der Waals surface area (Å²) in [4.78, 5) is 13.5. The summed E-state index contributed by atoms with van der Waals surface area (Å²) in [6, 6.07) is 4.08. The Labute approximate surface area is 165 Å². The van der Waals surface area contributed by atoms with Crippen molar-refractivity contribution in [2.75, 3.05) is 43.1 Å². The zero-order chi connectivity index (χ0) is 21.8. The Morgan fingerprint density at radius 3 is 2.23 bits per heavy atom. The summed E-state index contributed by atoms with van der Waals surface area (Å²) in [7, 11) is 0. The molecule has 0 amide bonds. The van der Waals surface area contributed by atoms with Crippen molar-refractivity contribution in [1.82, 2.24) is 15.0 Å². The number of morpholine rings is 1. The Morgan fingerprint density at radius 2 is 1.63 bits per heavy atom. The van der Waals surface area contributed by atoms with Crippen LogP contribution in [0.3, 0.4) is 0 Å². The zero-order valence-electron chi connectivity index (χ0n) is 15.1. The standard InChI is InChI=1S/C16H15F6N5O3/c17-15(18,19)9-29-14-25-12(24-13(26-14)27-5-7-28-8-6-27)23-10-1-3-11(4-2-10)30-16(20,21)22/h1-4H,5-9H2,(H,23,24,25,26). The molecule has 0 radical (unpaired) electrons. The van der Waals surface area contributed by atoms with Crippen molar-refractivity contribution in [2.24, 2.45) is 0 Å². The topological polar surface area (TPSA) is 81.6 Å². The van der Waals surface area contributed by atoms with Crippen LogP contribution in [-0.4, -0.2) is 60.4 Å². The average molecular weight is 439 g/mol. The Bertz CT molecular complexity index is 841. The van der Waals surface area contributed by atoms with Crippen LogP contribution in [-0.2, 0) is 4.74 Å². The van der Waals surface area contributed by atoms with Crippen molar-refractivity contribution >= 4 is 17.6 Å². The van der Waals surface area contributed by atoms with Crippen molar-refractivity contribution in [1.29, 1.82) is 0 Å². The maximum Gasteiger partial charge on any atom is 0.573 e. The monoisotopic (exact) mass is 439 g/mol. The SMILES string of the molecule is FC(F)(F)COc1nc(Nc2ccc(OC(F)(F)F)cc2)nc(N2CCOCC2)n1. The van der Waals surface area contributed by atoms with Crippen LogP contribution in [0.1, 0.15) is 0 Å². The van der Waals surface area contributed by atoms with Crippen molar-refractivity contribution < 1.29 is 40.6 Å². The van der Waals surface area contributed by atoms with Gasteiger partial charge in [0, 0.05) is 18.8 Å². The highest BCUT2D eigenvalue weighted by Crippen LogP contribution is 2.26. The first kappa shape index (κ1) is 21.7. The Balaban J connectivity index is 1.79. The van der Waals surface area contributed by atoms with E-state index in [0.29, 0.717) is 26.3 Å². The number of alkyl halides is 6. The lowest BCUT2D eigenvalue weighted by molar-refractivity contribution is -0.274. The van der Waals surface area contributed by atoms with E-state index < -0.39 is 30.9 Å². The van der Waals surface area contributed by atoms with E-state index in [1.807, 2.05) is 0 Å². The highest BCUT2D eigenvalue weighted by molar-refractivity contribution is 5.55. The molecule has 14 heteroatoms. The molecule has 0 atom stereocenters. The van der Waals surface area contributed by atoms with E-state index in [0.717, 1.165) is 12.1 Å². The van der Waals surface area contributed by atoms with E-state index in [4.69, 9.17) is 4.74 Å². The molecule has 2 aromatic rings. The quantitative estimate of drug-likeness (QED) is 0.687. The van der Waals surface area contributed by atoms with Gasteiger partial charge in [-0.3, -0.25) is 0 Å². The number of aromatic nitrogens is 3. The molecule has 0 aliphatic carbocycles. The van der Waals surface area contributed by atoms with Gasteiger partial charge < -0.3 is 24.4 Å². The zero-order valence-corrected chi connectivity index (χ0v) is 15.1. The van der Waals surface area contributed by atoms with Crippen molar-refractivity contribution in [3.63, 3.8) is 0 Å². The van der Waals surface area contributed by atoms with E-state index in [1.54, 1.807) is 4.90 Å². The van der Waals surface area contributed by atoms with Crippen molar-refractivity contribution in [3.8, 4) is 11.8 Å². The number of rotatable bonds is 6. The van der Waals surface area contributed by atoms with Crippen LogP contribution >= 0.6 is 0 Å². The Morgan fingerprint density at radius 1 is 0.967 bits per heavy atom. The van der Waals surface area contributed by atoms with Gasteiger partial charge in [0.2, 0.25) is 11.9 Å². The first-order valence-electron chi connectivity index (χ1n) is 8.48. The van der Waals surface area contributed by atoms with Crippen LogP contribution in [0.4, 0.5) is 43.9 Å². The van der Waals surface area contributed by atoms with Gasteiger partial charge in [0.05, 0.1) is 13.2 Å². The molecule has 1 N–H and O–H groups in total. The summed E-state index contributed by atoms with van der Waals surface area (Å²) in [5.41, 5.74) is 0.269. The average Bonchev–Trinajstić information content (AvgIpc) is 2.67. The number of hydrogen-bond acceptors (Lipinski definition) is 8. The third-order valence-electron chi connectivity index (χ3n) is 3.61. The van der Waals surface area contributed by atoms with Gasteiger partial charge in [-0.1, -0.05) is 0 Å². The Kier molecular flexibility index (Phi) is 6.34. The van der Waals surface area contributed by atoms with Crippen LogP contribution < -0.4 is 19.7 Å². The third kappa shape index (κ3) is 6.79. The molecular weight excluding hydrogens is 424 g/mol. The number of nitrogens with one attached hydrogen (secondary N) is 1. The predicted molar refractivity (Wildman–Crippen MR) is 90.8 cm³/mol. The molecule has 1 aromatic carbocycles. The number of halogens is 6. The highest BCUT2D eigenvalue weighted by Gasteiger charge is 2.31. The maximum atomic E-state index is 12.5. The van der Waals surface area contributed by atoms with Gasteiger partial charge in [0.1, 0.15) is 5.75 Å². The summed E-state index contributed by atoms with van der Waals surface area (Å²) in [5, 5.41) is 2.69. The normalized spacial score (nSPS) is 15.1. The third-order valence-corrected chi connectivity index (χ3v) is 3.61. The first-order valence-corrected chi connectivity index (χ1v) is 8.48. The molecule has 2 heterocycles. The van der Waals surface area contributed by atoms with E-state index in [9.17, 15) is 26.3 Å². The highest BCUT2D eigenvalue weighted by atomic mass is 19.4. The van der Waals surface area contributed by atoms with E-state index in [1.165, 1.54) is 12.1 Å². The molecule has 8 nitrogen and oxygen atoms in total. The smallest absolute Gasteiger partial charge is 0.454 e. The van der Waals surface area contributed by atoms with Gasteiger partial charge in [-0.05, 0) is 24.3 Å². The predicted octanol–water partition coefficient (Wildman–Crippen LogP) is 3.29. The second-order valence-electron chi connectivity index (χ2n) is 5.94. The van der Waals surface area contributed by atoms with Gasteiger partial charge in [0.15, 0.2) is 6.61 Å². The molecular formula is C16H15F6N5O3. The van der Waals surface area contributed by atoms with Crippen LogP contribution in [0.25, 0.3) is 0 Å². The van der Waals surface area contributed by atoms with Gasteiger partial charge >= 0.3 is 18.5 Å². The number of anilines is 3. The Hall–Kier alpha value is -3.03. The molecule has 1 saturated heterocycles. The van der Waals surface area contributed by atoms with Crippen LogP contribution in [0.2, 0.25) is 0 Å². The van der Waals surface area contributed by atoms with Gasteiger partial charge in [0.25, 0.3) is 0 Å². The molecule has 1 aromatic heterocycles. The lowest BCUT2D eigenvalue weighted by Crippen LogP contribution is -2.37. The summed E-state index contributed by atoms with van der Waals surface area (Å²) >= 11 is 0. The van der Waals surface area contributed by atoms with Crippen LogP contribution in [0.5, 0.6) is 11.8 Å². The fourth-order valence-electron chi connectivity index (χ4n) is 2.39. The second kappa shape index (κ2) is 8.77. The maximum absolute atomic E-state index is 12.5. The number of hydrogen-bond donors (Lipinski definition) is 1. The lowest BCUT2D eigenvalue weighted by Gasteiger charge is -2.27. The number of ether oxygens (including phenoxy) is 3. The number of benzene rings is 1. The minimum absolute atomic E-state index is 0.0741. The first-order chi connectivity index (χ1) is 14.1. The van der Waals surface area contributed by atoms with Gasteiger partial charge in [-0.2, -0.15) is 28.1 Å². The second-order valence-corrected chi connectivity index (χ2v) is 5.94. The molecule has 0 bridgehead atoms. The molecule has 1 aliphatic rings. The van der Waals surface area contributed by atoms with E-state index >= 15 is 0 Å². The minimum atomic E-state index is -4.83. The van der Waals surface area contributed by atoms with Gasteiger partial charge in [-0.15, -0.1) is 13.2 Å². The summed E-state index contributed by atoms with van der Waals surface area (Å²) in [5.74, 6) is -0.509. The number of nitrogens with zero attached hydrogens (tertiary/aromatic N) is 4. The van der Waals surface area contributed by atoms with Gasteiger partial charge in [-0.25, -0.2) is 0 Å². The fourth-order valence-corrected chi connectivity index (χ4v) is 2.39. The molecule has 30 heavy (non-hydrogen) atoms. The van der Waals surface area contributed by atoms with Crippen molar-refractivity contribution in [3.05, 3.63) is 24.3 Å². The fraction of sp³-hybridized carbons (Fsp3) is 0.438. The summed E-state index contributed by atoms with van der Waals surface area (Å²) in [6.07, 6.45) is -9.42. The lowest BCUT2D eigenvalue weighted by atomic mass is 10.3. The van der Waals surface area contributed by atoms with E-state index in [2.05, 4.69) is 29.7 Å². The van der Waals surface area contributed by atoms with Crippen LogP contribution in [0, 0.1) is 0 Å². The minimum Gasteiger partial charge on any atom is -0.454 e. The molecule has 1 aliphatic heterocycles. The summed E-state index contributed by atoms with van der Waals surface area (Å²) < 4.78 is 87.7. The van der Waals surface area contributed by atoms with Crippen molar-refractivity contribution in [2.45, 2.75) is 12.5 Å². The summed E-state index contributed by atoms with van der Waals surface area (Å²) in [6.45, 7) is -0.0124. The molecule has 1 fully saturated rings. The van der Waals surface area contributed by atoms with Crippen LogP contribution in [0.15, 0.2) is 24.3 Å². The molecule has 3 rings (SSSR count). The molecule has 0 spiro atoms. The van der Waals surface area contributed by atoms with E-state index in [-0.39, 0.29) is 17.6 Å². The largest absolute Gasteiger partial charge is 0.573 e. The molecule has 0 saturated carbocycles. The molecule has 164 valence electrons.